The quantitative estimate of drug-likeness (QED) is 0.692. The summed E-state index contributed by atoms with van der Waals surface area (Å²) in [5.41, 5.74) is 0.370. The Morgan fingerprint density at radius 3 is 3.27 bits per heavy atom. The molecule has 15 heavy (non-hydrogen) atoms. The lowest BCUT2D eigenvalue weighted by Gasteiger charge is -2.30. The van der Waals surface area contributed by atoms with Gasteiger partial charge in [0.25, 0.3) is 5.91 Å². The fourth-order valence-electron chi connectivity index (χ4n) is 1.39. The molecule has 0 bridgehead atoms. The van der Waals surface area contributed by atoms with E-state index in [1.807, 2.05) is 0 Å². The third kappa shape index (κ3) is 1.87. The molecular weight excluding hydrogens is 201 g/mol. The largest absolute Gasteiger partial charge is 0.482 e. The van der Waals surface area contributed by atoms with E-state index in [9.17, 15) is 9.18 Å². The van der Waals surface area contributed by atoms with Crippen LogP contribution in [0.4, 0.5) is 4.39 Å². The molecule has 0 N–H and O–H groups in total. The molecule has 2 rings (SSSR count). The number of hydrogen-bond acceptors (Lipinski definition) is 3. The van der Waals surface area contributed by atoms with Crippen molar-refractivity contribution in [2.24, 2.45) is 0 Å². The van der Waals surface area contributed by atoms with Gasteiger partial charge in [-0.05, 0) is 6.92 Å². The fraction of sp³-hybridized carbons (Fsp3) is 0.400. The van der Waals surface area contributed by atoms with Crippen LogP contribution in [0.25, 0.3) is 0 Å². The molecular formula is C10H10FNO3. The van der Waals surface area contributed by atoms with Gasteiger partial charge in [0.1, 0.15) is 17.3 Å². The molecule has 5 heteroatoms. The number of allylic oxidation sites excluding steroid dienone is 3. The van der Waals surface area contributed by atoms with Crippen LogP contribution in [0.5, 0.6) is 0 Å². The zero-order valence-corrected chi connectivity index (χ0v) is 8.25. The van der Waals surface area contributed by atoms with E-state index in [-0.39, 0.29) is 24.8 Å². The molecule has 0 spiro atoms. The second-order valence-electron chi connectivity index (χ2n) is 3.05. The Morgan fingerprint density at radius 2 is 2.53 bits per heavy atom. The zero-order valence-electron chi connectivity index (χ0n) is 8.25. The molecule has 0 fully saturated rings. The third-order valence-electron chi connectivity index (χ3n) is 1.98. The Hall–Kier alpha value is -1.36. The van der Waals surface area contributed by atoms with Gasteiger partial charge in [-0.2, -0.15) is 5.06 Å². The first-order chi connectivity index (χ1) is 7.22. The Bertz CT molecular complexity index is 349. The molecule has 0 aromatic heterocycles. The maximum atomic E-state index is 12.9. The van der Waals surface area contributed by atoms with Crippen LogP contribution in [-0.2, 0) is 14.4 Å². The molecule has 0 unspecified atom stereocenters. The minimum atomic E-state index is -0.334. The summed E-state index contributed by atoms with van der Waals surface area (Å²) >= 11 is 0. The van der Waals surface area contributed by atoms with E-state index in [2.05, 4.69) is 6.42 Å². The molecule has 1 heterocycles. The monoisotopic (exact) mass is 211 g/mol. The van der Waals surface area contributed by atoms with Gasteiger partial charge in [-0.25, -0.2) is 4.39 Å². The average Bonchev–Trinajstić information content (AvgIpc) is 2.22. The maximum absolute atomic E-state index is 12.9. The number of hydroxylamine groups is 2. The molecule has 2 radical (unpaired) electrons. The van der Waals surface area contributed by atoms with Crippen molar-refractivity contribution < 1.29 is 18.8 Å². The minimum absolute atomic E-state index is 0.0407. The number of rotatable bonds is 2. The second-order valence-corrected chi connectivity index (χ2v) is 3.05. The van der Waals surface area contributed by atoms with Crippen LogP contribution in [0.15, 0.2) is 23.4 Å². The van der Waals surface area contributed by atoms with E-state index < -0.39 is 0 Å². The summed E-state index contributed by atoms with van der Waals surface area (Å²) in [5, 5.41) is 1.11. The van der Waals surface area contributed by atoms with E-state index >= 15 is 0 Å². The van der Waals surface area contributed by atoms with Crippen molar-refractivity contribution in [2.45, 2.75) is 13.3 Å². The molecule has 1 aliphatic heterocycles. The SMILES string of the molecule is CCON1C(=O)COC2=C1[C]CC(F)=C2. The predicted molar refractivity (Wildman–Crippen MR) is 48.5 cm³/mol. The molecule has 0 aromatic carbocycles. The van der Waals surface area contributed by atoms with Crippen LogP contribution in [-0.4, -0.2) is 24.2 Å². The topological polar surface area (TPSA) is 38.8 Å². The van der Waals surface area contributed by atoms with Crippen molar-refractivity contribution in [1.29, 1.82) is 0 Å². The standard InChI is InChI=1S/C10H10FNO3/c1-2-15-12-8-4-3-7(11)5-9(8)14-6-10(12)13/h5H,2-3,6H2,1H3. The molecule has 4 nitrogen and oxygen atoms in total. The highest BCUT2D eigenvalue weighted by atomic mass is 19.1. The summed E-state index contributed by atoms with van der Waals surface area (Å²) in [6.07, 6.45) is 4.02. The van der Waals surface area contributed by atoms with Crippen LogP contribution in [0, 0.1) is 6.42 Å². The van der Waals surface area contributed by atoms with E-state index in [0.29, 0.717) is 18.1 Å². The number of ether oxygens (including phenoxy) is 1. The number of nitrogens with zero attached hydrogens (tertiary/aromatic N) is 1. The Labute approximate surface area is 86.9 Å². The zero-order chi connectivity index (χ0) is 10.8. The Kier molecular flexibility index (Phi) is 2.73. The summed E-state index contributed by atoms with van der Waals surface area (Å²) in [6.45, 7) is 1.99. The Balaban J connectivity index is 2.29. The van der Waals surface area contributed by atoms with Crippen molar-refractivity contribution in [3.8, 4) is 0 Å². The number of halogens is 1. The van der Waals surface area contributed by atoms with E-state index in [4.69, 9.17) is 9.57 Å². The van der Waals surface area contributed by atoms with E-state index in [0.717, 1.165) is 5.06 Å². The first-order valence-corrected chi connectivity index (χ1v) is 4.65. The molecule has 1 amide bonds. The third-order valence-corrected chi connectivity index (χ3v) is 1.98. The maximum Gasteiger partial charge on any atom is 0.288 e. The molecule has 0 saturated carbocycles. The molecule has 1 aliphatic carbocycles. The highest BCUT2D eigenvalue weighted by Gasteiger charge is 2.31. The minimum Gasteiger partial charge on any atom is -0.482 e. The summed E-state index contributed by atoms with van der Waals surface area (Å²) < 4.78 is 18.0. The fourth-order valence-corrected chi connectivity index (χ4v) is 1.39. The normalized spacial score (nSPS) is 21.1. The molecule has 0 atom stereocenters. The van der Waals surface area contributed by atoms with Crippen LogP contribution in [0.1, 0.15) is 13.3 Å². The second kappa shape index (κ2) is 4.02. The van der Waals surface area contributed by atoms with Gasteiger partial charge >= 0.3 is 0 Å². The lowest BCUT2D eigenvalue weighted by Crippen LogP contribution is -2.38. The number of carbonyl (C=O) groups is 1. The Morgan fingerprint density at radius 1 is 1.73 bits per heavy atom. The van der Waals surface area contributed by atoms with Gasteiger partial charge in [-0.3, -0.25) is 9.63 Å². The average molecular weight is 211 g/mol. The van der Waals surface area contributed by atoms with Gasteiger partial charge < -0.3 is 4.74 Å². The van der Waals surface area contributed by atoms with Crippen LogP contribution >= 0.6 is 0 Å². The van der Waals surface area contributed by atoms with Crippen molar-refractivity contribution in [2.75, 3.05) is 13.2 Å². The summed E-state index contributed by atoms with van der Waals surface area (Å²) in [5.74, 6) is -0.342. The van der Waals surface area contributed by atoms with Crippen LogP contribution < -0.4 is 0 Å². The van der Waals surface area contributed by atoms with Gasteiger partial charge in [0.05, 0.1) is 6.61 Å². The van der Waals surface area contributed by atoms with Gasteiger partial charge in [0, 0.05) is 18.9 Å². The number of hydrogen-bond donors (Lipinski definition) is 0. The van der Waals surface area contributed by atoms with Crippen molar-refractivity contribution in [1.82, 2.24) is 5.06 Å². The molecule has 0 saturated heterocycles. The molecule has 80 valence electrons. The first kappa shape index (κ1) is 10.2. The highest BCUT2D eigenvalue weighted by Crippen LogP contribution is 2.30. The lowest BCUT2D eigenvalue weighted by molar-refractivity contribution is -0.181. The lowest BCUT2D eigenvalue weighted by atomic mass is 10.1. The van der Waals surface area contributed by atoms with E-state index in [1.54, 1.807) is 6.92 Å². The van der Waals surface area contributed by atoms with Crippen molar-refractivity contribution in [3.63, 3.8) is 0 Å². The van der Waals surface area contributed by atoms with Gasteiger partial charge in [-0.15, -0.1) is 0 Å². The summed E-state index contributed by atoms with van der Waals surface area (Å²) in [4.78, 5) is 16.5. The predicted octanol–water partition coefficient (Wildman–Crippen LogP) is 1.35. The first-order valence-electron chi connectivity index (χ1n) is 4.65. The summed E-state index contributed by atoms with van der Waals surface area (Å²) in [6, 6.07) is 0. The highest BCUT2D eigenvalue weighted by molar-refractivity contribution is 5.80. The molecule has 2 aliphatic rings. The van der Waals surface area contributed by atoms with Gasteiger partial charge in [0.2, 0.25) is 0 Å². The number of carbonyl (C=O) groups excluding carboxylic acids is 1. The van der Waals surface area contributed by atoms with Gasteiger partial charge in [-0.1, -0.05) is 0 Å². The van der Waals surface area contributed by atoms with Crippen LogP contribution in [0.2, 0.25) is 0 Å². The molecule has 0 aromatic rings. The summed E-state index contributed by atoms with van der Waals surface area (Å²) in [7, 11) is 0. The van der Waals surface area contributed by atoms with Gasteiger partial charge in [0.15, 0.2) is 6.61 Å². The van der Waals surface area contributed by atoms with Crippen LogP contribution in [0.3, 0.4) is 0 Å². The van der Waals surface area contributed by atoms with Crippen molar-refractivity contribution in [3.05, 3.63) is 29.8 Å². The number of amides is 1. The smallest absolute Gasteiger partial charge is 0.288 e. The van der Waals surface area contributed by atoms with Crippen molar-refractivity contribution >= 4 is 5.91 Å². The van der Waals surface area contributed by atoms with E-state index in [1.165, 1.54) is 6.08 Å².